The molecule has 0 atom stereocenters. The van der Waals surface area contributed by atoms with E-state index in [1.807, 2.05) is 6.07 Å². The van der Waals surface area contributed by atoms with Crippen molar-refractivity contribution in [2.75, 3.05) is 32.5 Å². The van der Waals surface area contributed by atoms with Crippen molar-refractivity contribution in [2.24, 2.45) is 5.73 Å². The first-order valence-electron chi connectivity index (χ1n) is 5.45. The maximum Gasteiger partial charge on any atom is 0.316 e. The van der Waals surface area contributed by atoms with Gasteiger partial charge in [0.2, 0.25) is 0 Å². The second-order valence-electron chi connectivity index (χ2n) is 3.85. The van der Waals surface area contributed by atoms with E-state index >= 15 is 0 Å². The van der Waals surface area contributed by atoms with E-state index in [0.717, 1.165) is 5.69 Å². The summed E-state index contributed by atoms with van der Waals surface area (Å²) in [6, 6.07) is 3.47. The molecule has 0 radical (unpaired) electrons. The van der Waals surface area contributed by atoms with Crippen molar-refractivity contribution in [3.05, 3.63) is 24.0 Å². The van der Waals surface area contributed by atoms with Gasteiger partial charge in [-0.1, -0.05) is 12.2 Å². The van der Waals surface area contributed by atoms with E-state index < -0.39 is 0 Å². The molecular weight excluding hydrogens is 250 g/mol. The molecule has 0 aliphatic heterocycles. The maximum atomic E-state index is 11.2. The fraction of sp³-hybridized carbons (Fsp3) is 0.364. The Bertz CT molecular complexity index is 435. The van der Waals surface area contributed by atoms with E-state index in [1.165, 1.54) is 4.90 Å². The second-order valence-corrected chi connectivity index (χ2v) is 4.29. The highest BCUT2D eigenvalue weighted by atomic mass is 32.1. The van der Waals surface area contributed by atoms with Crippen LogP contribution in [0.1, 0.15) is 5.69 Å². The summed E-state index contributed by atoms with van der Waals surface area (Å²) in [5.74, 6) is 0. The van der Waals surface area contributed by atoms with Crippen molar-refractivity contribution in [1.29, 1.82) is 0 Å². The van der Waals surface area contributed by atoms with Crippen LogP contribution >= 0.6 is 12.2 Å². The average Bonchev–Trinajstić information content (AvgIpc) is 2.34. The third kappa shape index (κ3) is 4.54. The molecule has 0 spiro atoms. The summed E-state index contributed by atoms with van der Waals surface area (Å²) in [7, 11) is 3.39. The number of nitrogens with zero attached hydrogens (tertiary/aromatic N) is 2. The first-order chi connectivity index (χ1) is 8.50. The first kappa shape index (κ1) is 14.2. The molecule has 0 bridgehead atoms. The first-order valence-corrected chi connectivity index (χ1v) is 5.86. The van der Waals surface area contributed by atoms with Crippen LogP contribution in [-0.2, 0) is 0 Å². The lowest BCUT2D eigenvalue weighted by atomic mass is 10.3. The van der Waals surface area contributed by atoms with E-state index in [9.17, 15) is 4.79 Å². The summed E-state index contributed by atoms with van der Waals surface area (Å²) in [5, 5.41) is 5.89. The van der Waals surface area contributed by atoms with Crippen molar-refractivity contribution >= 4 is 28.9 Å². The molecule has 6 nitrogen and oxygen atoms in total. The van der Waals surface area contributed by atoms with Gasteiger partial charge < -0.3 is 21.3 Å². The molecule has 1 aromatic heterocycles. The number of carbonyl (C=O) groups excluding carboxylic acids is 1. The molecule has 1 heterocycles. The van der Waals surface area contributed by atoms with Gasteiger partial charge in [-0.3, -0.25) is 4.98 Å². The largest absolute Gasteiger partial charge is 0.388 e. The quantitative estimate of drug-likeness (QED) is 0.531. The molecule has 0 unspecified atom stereocenters. The summed E-state index contributed by atoms with van der Waals surface area (Å²) < 4.78 is 0. The maximum absolute atomic E-state index is 11.2. The summed E-state index contributed by atoms with van der Waals surface area (Å²) in [5.41, 5.74) is 6.93. The molecule has 0 fully saturated rings. The van der Waals surface area contributed by atoms with Crippen LogP contribution in [0.5, 0.6) is 0 Å². The molecule has 0 aliphatic rings. The number of pyridine rings is 1. The summed E-state index contributed by atoms with van der Waals surface area (Å²) >= 11 is 4.84. The molecule has 18 heavy (non-hydrogen) atoms. The van der Waals surface area contributed by atoms with Crippen molar-refractivity contribution < 1.29 is 4.79 Å². The lowest BCUT2D eigenvalue weighted by Gasteiger charge is -2.12. The molecule has 0 saturated heterocycles. The van der Waals surface area contributed by atoms with Gasteiger partial charge in [0.05, 0.1) is 5.69 Å². The molecule has 4 N–H and O–H groups in total. The zero-order valence-corrected chi connectivity index (χ0v) is 11.3. The Morgan fingerprint density at radius 1 is 1.50 bits per heavy atom. The Hall–Kier alpha value is -1.89. The third-order valence-electron chi connectivity index (χ3n) is 2.15. The Balaban J connectivity index is 2.38. The van der Waals surface area contributed by atoms with Gasteiger partial charge in [0.1, 0.15) is 4.99 Å². The van der Waals surface area contributed by atoms with Crippen LogP contribution in [0.2, 0.25) is 0 Å². The van der Waals surface area contributed by atoms with E-state index in [-0.39, 0.29) is 11.0 Å². The number of nitrogens with one attached hydrogen (secondary N) is 2. The number of amides is 2. The predicted molar refractivity (Wildman–Crippen MR) is 75.7 cm³/mol. The van der Waals surface area contributed by atoms with Crippen LogP contribution < -0.4 is 16.4 Å². The number of nitrogens with two attached hydrogens (primary N) is 1. The molecule has 7 heteroatoms. The molecule has 0 aromatic carbocycles. The normalized spacial score (nSPS) is 9.67. The van der Waals surface area contributed by atoms with Crippen LogP contribution in [0, 0.1) is 0 Å². The SMILES string of the molecule is CN(C)C(=O)NCCNc1ccnc(C(N)=S)c1. The predicted octanol–water partition coefficient (Wildman–Crippen LogP) is 0.399. The lowest BCUT2D eigenvalue weighted by Crippen LogP contribution is -2.37. The minimum atomic E-state index is -0.115. The second kappa shape index (κ2) is 6.75. The fourth-order valence-electron chi connectivity index (χ4n) is 1.21. The molecule has 98 valence electrons. The zero-order valence-electron chi connectivity index (χ0n) is 10.4. The number of urea groups is 1. The number of carbonyl (C=O) groups is 1. The summed E-state index contributed by atoms with van der Waals surface area (Å²) in [6.07, 6.45) is 1.63. The monoisotopic (exact) mass is 267 g/mol. The van der Waals surface area contributed by atoms with Crippen LogP contribution in [0.4, 0.5) is 10.5 Å². The highest BCUT2D eigenvalue weighted by molar-refractivity contribution is 7.80. The summed E-state index contributed by atoms with van der Waals surface area (Å²) in [6.45, 7) is 1.14. The van der Waals surface area contributed by atoms with Gasteiger partial charge >= 0.3 is 6.03 Å². The molecule has 1 aromatic rings. The van der Waals surface area contributed by atoms with Gasteiger partial charge in [-0.2, -0.15) is 0 Å². The van der Waals surface area contributed by atoms with E-state index in [1.54, 1.807) is 26.4 Å². The van der Waals surface area contributed by atoms with E-state index in [2.05, 4.69) is 15.6 Å². The number of thiocarbonyl (C=S) groups is 1. The van der Waals surface area contributed by atoms with Crippen LogP contribution in [-0.4, -0.2) is 48.1 Å². The minimum Gasteiger partial charge on any atom is -0.388 e. The van der Waals surface area contributed by atoms with Crippen molar-refractivity contribution in [2.45, 2.75) is 0 Å². The number of anilines is 1. The van der Waals surface area contributed by atoms with Crippen LogP contribution in [0.25, 0.3) is 0 Å². The van der Waals surface area contributed by atoms with E-state index in [4.69, 9.17) is 18.0 Å². The van der Waals surface area contributed by atoms with Crippen molar-refractivity contribution in [3.63, 3.8) is 0 Å². The molecule has 0 aliphatic carbocycles. The summed E-state index contributed by atoms with van der Waals surface area (Å²) in [4.78, 5) is 17.0. The molecule has 2 amide bonds. The van der Waals surface area contributed by atoms with Crippen LogP contribution in [0.15, 0.2) is 18.3 Å². The smallest absolute Gasteiger partial charge is 0.316 e. The highest BCUT2D eigenvalue weighted by Crippen LogP contribution is 2.06. The standard InChI is InChI=1S/C11H17N5OS/c1-16(2)11(17)15-6-5-13-8-3-4-14-9(7-8)10(12)18/h3-4,7H,5-6H2,1-2H3,(H2,12,18)(H,13,14)(H,15,17). The fourth-order valence-corrected chi connectivity index (χ4v) is 1.32. The Kier molecular flexibility index (Phi) is 5.31. The number of aromatic nitrogens is 1. The van der Waals surface area contributed by atoms with E-state index in [0.29, 0.717) is 18.8 Å². The zero-order chi connectivity index (χ0) is 13.5. The van der Waals surface area contributed by atoms with Crippen molar-refractivity contribution in [1.82, 2.24) is 15.2 Å². The Morgan fingerprint density at radius 3 is 2.83 bits per heavy atom. The van der Waals surface area contributed by atoms with Gasteiger partial charge in [0.25, 0.3) is 0 Å². The van der Waals surface area contributed by atoms with Gasteiger partial charge in [-0.05, 0) is 12.1 Å². The molecular formula is C11H17N5OS. The Labute approximate surface area is 112 Å². The van der Waals surface area contributed by atoms with Gasteiger partial charge in [0, 0.05) is 39.1 Å². The third-order valence-corrected chi connectivity index (χ3v) is 2.36. The molecule has 1 rings (SSSR count). The Morgan fingerprint density at radius 2 is 2.22 bits per heavy atom. The minimum absolute atomic E-state index is 0.115. The average molecular weight is 267 g/mol. The van der Waals surface area contributed by atoms with Crippen LogP contribution in [0.3, 0.4) is 0 Å². The number of hydrogen-bond donors (Lipinski definition) is 3. The number of rotatable bonds is 5. The topological polar surface area (TPSA) is 83.3 Å². The molecule has 0 saturated carbocycles. The van der Waals surface area contributed by atoms with Crippen molar-refractivity contribution in [3.8, 4) is 0 Å². The van der Waals surface area contributed by atoms with Gasteiger partial charge in [-0.25, -0.2) is 4.79 Å². The lowest BCUT2D eigenvalue weighted by molar-refractivity contribution is 0.218. The number of hydrogen-bond acceptors (Lipinski definition) is 4. The van der Waals surface area contributed by atoms with Gasteiger partial charge in [-0.15, -0.1) is 0 Å². The highest BCUT2D eigenvalue weighted by Gasteiger charge is 2.02. The van der Waals surface area contributed by atoms with Gasteiger partial charge in [0.15, 0.2) is 0 Å².